The Bertz CT molecular complexity index is 1000. The monoisotopic (exact) mass is 502 g/mol. The molecule has 3 aromatic carbocycles. The molecule has 1 aliphatic rings. The second-order valence-corrected chi connectivity index (χ2v) is 9.11. The van der Waals surface area contributed by atoms with Crippen LogP contribution < -0.4 is 5.32 Å². The Labute approximate surface area is 217 Å². The minimum Gasteiger partial charge on any atom is -0.321 e. The van der Waals surface area contributed by atoms with Gasteiger partial charge in [-0.3, -0.25) is 4.79 Å². The van der Waals surface area contributed by atoms with Crippen LogP contribution in [0, 0.1) is 13.8 Å². The summed E-state index contributed by atoms with van der Waals surface area (Å²) < 4.78 is 0.806. The molecule has 1 aliphatic heterocycles. The molecule has 0 spiro atoms. The SMILES string of the molecule is Cc1cccc(C)c1NC(=O)C[N+]1(Cc2ccccc2)CCCC(c2ccccc2)C1.[Y]. The number of rotatable bonds is 6. The predicted molar refractivity (Wildman–Crippen MR) is 128 cm³/mol. The van der Waals surface area contributed by atoms with Crippen LogP contribution in [0.4, 0.5) is 5.69 Å². The van der Waals surface area contributed by atoms with Crippen LogP contribution in [-0.2, 0) is 44.0 Å². The van der Waals surface area contributed by atoms with Crippen molar-refractivity contribution in [2.45, 2.75) is 39.2 Å². The fourth-order valence-electron chi connectivity index (χ4n) is 5.13. The third-order valence-electron chi connectivity index (χ3n) is 6.65. The van der Waals surface area contributed by atoms with Crippen LogP contribution in [0.25, 0.3) is 0 Å². The summed E-state index contributed by atoms with van der Waals surface area (Å²) in [6, 6.07) is 27.6. The molecule has 3 aromatic rings. The van der Waals surface area contributed by atoms with E-state index < -0.39 is 0 Å². The second-order valence-electron chi connectivity index (χ2n) is 9.11. The fraction of sp³-hybridized carbons (Fsp3) is 0.321. The maximum atomic E-state index is 13.3. The molecule has 2 unspecified atom stereocenters. The summed E-state index contributed by atoms with van der Waals surface area (Å²) in [5.41, 5.74) is 5.89. The number of aryl methyl sites for hydroxylation is 2. The van der Waals surface area contributed by atoms with Gasteiger partial charge in [-0.2, -0.15) is 0 Å². The van der Waals surface area contributed by atoms with Crippen molar-refractivity contribution in [2.75, 3.05) is 25.0 Å². The molecule has 1 amide bonds. The van der Waals surface area contributed by atoms with Crippen molar-refractivity contribution in [3.8, 4) is 0 Å². The molecule has 1 radical (unpaired) electrons. The maximum Gasteiger partial charge on any atom is 0.279 e. The minimum atomic E-state index is 0. The number of hydrogen-bond acceptors (Lipinski definition) is 1. The standard InChI is InChI=1S/C28H32N2O.Y/c1-22-11-9-12-23(2)28(22)29-27(31)21-30(19-24-13-5-3-6-14-24)18-10-17-26(20-30)25-15-7-4-8-16-25;/h3-9,11-16,26H,10,17-21H2,1-2H3;/p+1. The first-order valence-corrected chi connectivity index (χ1v) is 11.3. The van der Waals surface area contributed by atoms with Gasteiger partial charge in [0.25, 0.3) is 5.91 Å². The zero-order valence-electron chi connectivity index (χ0n) is 19.3. The molecule has 1 heterocycles. The Morgan fingerprint density at radius 2 is 1.53 bits per heavy atom. The number of carbonyl (C=O) groups excluding carboxylic acids is 1. The molecule has 2 atom stereocenters. The summed E-state index contributed by atoms with van der Waals surface area (Å²) >= 11 is 0. The largest absolute Gasteiger partial charge is 0.321 e. The van der Waals surface area contributed by atoms with Gasteiger partial charge >= 0.3 is 0 Å². The van der Waals surface area contributed by atoms with Gasteiger partial charge in [0.05, 0.1) is 13.1 Å². The number of hydrogen-bond donors (Lipinski definition) is 1. The number of piperidine rings is 1. The van der Waals surface area contributed by atoms with Gasteiger partial charge in [0.2, 0.25) is 0 Å². The Hall–Kier alpha value is -1.81. The molecule has 1 saturated heterocycles. The summed E-state index contributed by atoms with van der Waals surface area (Å²) in [5, 5.41) is 3.24. The van der Waals surface area contributed by atoms with E-state index in [-0.39, 0.29) is 38.6 Å². The van der Waals surface area contributed by atoms with Crippen molar-refractivity contribution in [1.82, 2.24) is 0 Å². The second kappa shape index (κ2) is 11.4. The Morgan fingerprint density at radius 3 is 2.19 bits per heavy atom. The molecule has 3 nitrogen and oxygen atoms in total. The van der Waals surface area contributed by atoms with Crippen LogP contribution in [0.1, 0.15) is 41.0 Å². The van der Waals surface area contributed by atoms with Gasteiger partial charge in [-0.05, 0) is 43.4 Å². The van der Waals surface area contributed by atoms with E-state index in [1.54, 1.807) is 0 Å². The fourth-order valence-corrected chi connectivity index (χ4v) is 5.13. The number of anilines is 1. The Balaban J connectivity index is 0.00000289. The van der Waals surface area contributed by atoms with Crippen molar-refractivity contribution >= 4 is 11.6 Å². The van der Waals surface area contributed by atoms with Crippen molar-refractivity contribution in [3.05, 3.63) is 101 Å². The predicted octanol–water partition coefficient (Wildman–Crippen LogP) is 5.83. The van der Waals surface area contributed by atoms with E-state index in [0.717, 1.165) is 47.4 Å². The molecule has 0 aromatic heterocycles. The van der Waals surface area contributed by atoms with Crippen LogP contribution in [-0.4, -0.2) is 30.0 Å². The number of likely N-dealkylation sites (tertiary alicyclic amines) is 1. The van der Waals surface area contributed by atoms with E-state index in [0.29, 0.717) is 12.5 Å². The molecule has 4 heteroatoms. The average Bonchev–Trinajstić information content (AvgIpc) is 2.78. The number of benzene rings is 3. The average molecular weight is 502 g/mol. The van der Waals surface area contributed by atoms with E-state index in [4.69, 9.17) is 0 Å². The van der Waals surface area contributed by atoms with Crippen LogP contribution in [0.3, 0.4) is 0 Å². The first kappa shape index (κ1) is 24.8. The van der Waals surface area contributed by atoms with Crippen molar-refractivity contribution in [2.24, 2.45) is 0 Å². The van der Waals surface area contributed by atoms with Gasteiger partial charge < -0.3 is 9.80 Å². The van der Waals surface area contributed by atoms with Crippen LogP contribution in [0.15, 0.2) is 78.9 Å². The number of nitrogens with one attached hydrogen (secondary N) is 1. The third-order valence-corrected chi connectivity index (χ3v) is 6.65. The van der Waals surface area contributed by atoms with Gasteiger partial charge in [0, 0.05) is 49.9 Å². The van der Waals surface area contributed by atoms with E-state index in [2.05, 4.69) is 92.0 Å². The van der Waals surface area contributed by atoms with E-state index in [9.17, 15) is 4.79 Å². The number of carbonyl (C=O) groups is 1. The van der Waals surface area contributed by atoms with Gasteiger partial charge in [-0.15, -0.1) is 0 Å². The number of para-hydroxylation sites is 1. The molecule has 32 heavy (non-hydrogen) atoms. The van der Waals surface area contributed by atoms with Gasteiger partial charge in [0.1, 0.15) is 6.54 Å². The molecule has 0 aliphatic carbocycles. The van der Waals surface area contributed by atoms with Crippen LogP contribution >= 0.6 is 0 Å². The zero-order valence-corrected chi connectivity index (χ0v) is 22.1. The first-order chi connectivity index (χ1) is 15.0. The quantitative estimate of drug-likeness (QED) is 0.422. The Morgan fingerprint density at radius 1 is 0.906 bits per heavy atom. The molecule has 1 N–H and O–H groups in total. The van der Waals surface area contributed by atoms with E-state index in [1.165, 1.54) is 17.5 Å². The maximum absolute atomic E-state index is 13.3. The van der Waals surface area contributed by atoms with E-state index >= 15 is 0 Å². The van der Waals surface area contributed by atoms with Crippen molar-refractivity contribution in [1.29, 1.82) is 0 Å². The Kier molecular flexibility index (Phi) is 8.82. The molecule has 1 fully saturated rings. The van der Waals surface area contributed by atoms with Crippen molar-refractivity contribution < 1.29 is 42.0 Å². The molecular weight excluding hydrogens is 469 g/mol. The number of quaternary nitrogens is 1. The molecule has 4 rings (SSSR count). The smallest absolute Gasteiger partial charge is 0.279 e. The first-order valence-electron chi connectivity index (χ1n) is 11.3. The molecule has 0 bridgehead atoms. The van der Waals surface area contributed by atoms with E-state index in [1.807, 2.05) is 6.07 Å². The molecule has 163 valence electrons. The zero-order chi connectivity index (χ0) is 21.7. The number of nitrogens with zero attached hydrogens (tertiary/aromatic N) is 1. The third kappa shape index (κ3) is 6.16. The van der Waals surface area contributed by atoms with Gasteiger partial charge in [0.15, 0.2) is 6.54 Å². The summed E-state index contributed by atoms with van der Waals surface area (Å²) in [6.07, 6.45) is 2.33. The summed E-state index contributed by atoms with van der Waals surface area (Å²) in [5.74, 6) is 0.605. The topological polar surface area (TPSA) is 29.1 Å². The minimum absolute atomic E-state index is 0. The summed E-state index contributed by atoms with van der Waals surface area (Å²) in [4.78, 5) is 13.3. The molecular formula is C28H33N2OY+. The van der Waals surface area contributed by atoms with Gasteiger partial charge in [-0.1, -0.05) is 78.9 Å². The number of amides is 1. The normalized spacial score (nSPS) is 20.2. The van der Waals surface area contributed by atoms with Crippen LogP contribution in [0.5, 0.6) is 0 Å². The molecule has 0 saturated carbocycles. The van der Waals surface area contributed by atoms with Crippen LogP contribution in [0.2, 0.25) is 0 Å². The van der Waals surface area contributed by atoms with Gasteiger partial charge in [-0.25, -0.2) is 0 Å². The van der Waals surface area contributed by atoms with Crippen molar-refractivity contribution in [3.63, 3.8) is 0 Å². The summed E-state index contributed by atoms with van der Waals surface area (Å²) in [6.45, 7) is 7.56. The summed E-state index contributed by atoms with van der Waals surface area (Å²) in [7, 11) is 0.